The Balaban J connectivity index is 1.84. The maximum absolute atomic E-state index is 13.9. The van der Waals surface area contributed by atoms with Gasteiger partial charge in [0.15, 0.2) is 34.7 Å². The molecule has 0 aliphatic heterocycles. The number of amides is 4. The molecule has 41 heavy (non-hydrogen) atoms. The summed E-state index contributed by atoms with van der Waals surface area (Å²) in [5.41, 5.74) is 2.68. The number of hydrogen-bond acceptors (Lipinski definition) is 11. The lowest BCUT2D eigenvalue weighted by molar-refractivity contribution is -0.181. The van der Waals surface area contributed by atoms with Crippen molar-refractivity contribution in [1.82, 2.24) is 10.2 Å². The average Bonchev–Trinajstić information content (AvgIpc) is 2.87. The first-order valence-electron chi connectivity index (χ1n) is 12.6. The fourth-order valence-corrected chi connectivity index (χ4v) is 6.53. The number of alkyl halides is 1. The van der Waals surface area contributed by atoms with Crippen LogP contribution in [0.3, 0.4) is 0 Å². The van der Waals surface area contributed by atoms with Crippen molar-refractivity contribution in [1.29, 1.82) is 0 Å². The number of primary amides is 1. The minimum Gasteiger partial charge on any atom is -0.505 e. The molecule has 15 heteroatoms. The lowest BCUT2D eigenvalue weighted by atomic mass is 9.52. The molecule has 6 N–H and O–H groups in total. The molecule has 220 valence electrons. The number of phenols is 1. The summed E-state index contributed by atoms with van der Waals surface area (Å²) >= 11 is 5.40. The van der Waals surface area contributed by atoms with Crippen LogP contribution in [-0.2, 0) is 30.4 Å². The van der Waals surface area contributed by atoms with E-state index in [4.69, 9.17) is 17.3 Å². The molecule has 2 saturated carbocycles. The van der Waals surface area contributed by atoms with Crippen LogP contribution < -0.4 is 21.3 Å². The molecule has 1 aromatic rings. The number of halogens is 1. The van der Waals surface area contributed by atoms with Crippen molar-refractivity contribution in [2.45, 2.75) is 24.5 Å². The number of phenolic OH excluding ortho intramolecular Hbond substituents is 1. The molecule has 14 nitrogen and oxygen atoms in total. The number of fused-ring (bicyclic) bond motifs is 3. The van der Waals surface area contributed by atoms with Crippen LogP contribution in [0.1, 0.15) is 22.3 Å². The van der Waals surface area contributed by atoms with E-state index in [1.807, 2.05) is 5.32 Å². The molecular formula is C26H30ClN5O9. The second kappa shape index (κ2) is 10.5. The highest BCUT2D eigenvalue weighted by Gasteiger charge is 2.69. The van der Waals surface area contributed by atoms with Crippen LogP contribution >= 0.6 is 11.6 Å². The van der Waals surface area contributed by atoms with Crippen molar-refractivity contribution in [3.8, 4) is 5.75 Å². The van der Waals surface area contributed by atoms with Crippen molar-refractivity contribution >= 4 is 64.0 Å². The molecule has 0 saturated heterocycles. The van der Waals surface area contributed by atoms with Crippen LogP contribution in [-0.4, -0.2) is 102 Å². The highest BCUT2D eigenvalue weighted by molar-refractivity contribution is 6.32. The Bertz CT molecular complexity index is 1410. The molecule has 4 amide bonds. The van der Waals surface area contributed by atoms with E-state index in [1.54, 1.807) is 19.0 Å². The Hall–Kier alpha value is -3.88. The number of likely N-dealkylation sites (N-methyl/N-ethyl adjacent to an activating group) is 1. The zero-order valence-electron chi connectivity index (χ0n) is 22.7. The lowest BCUT2D eigenvalue weighted by Crippen LogP contribution is -2.74. The summed E-state index contributed by atoms with van der Waals surface area (Å²) in [7, 11) is 6.31. The van der Waals surface area contributed by atoms with Gasteiger partial charge in [0.2, 0.25) is 11.8 Å². The zero-order valence-corrected chi connectivity index (χ0v) is 23.4. The maximum Gasteiger partial charge on any atom is 0.326 e. The molecule has 6 atom stereocenters. The van der Waals surface area contributed by atoms with Gasteiger partial charge in [-0.25, -0.2) is 4.79 Å². The Morgan fingerprint density at radius 3 is 2.29 bits per heavy atom. The van der Waals surface area contributed by atoms with Gasteiger partial charge in [0.25, 0.3) is 0 Å². The summed E-state index contributed by atoms with van der Waals surface area (Å²) in [5, 5.41) is 27.0. The first kappa shape index (κ1) is 30.1. The number of nitrogens with two attached hydrogens (primary N) is 1. The van der Waals surface area contributed by atoms with Gasteiger partial charge in [-0.05, 0) is 44.5 Å². The second-order valence-corrected chi connectivity index (χ2v) is 11.2. The van der Waals surface area contributed by atoms with E-state index < -0.39 is 87.9 Å². The van der Waals surface area contributed by atoms with Crippen molar-refractivity contribution in [2.24, 2.45) is 29.4 Å². The van der Waals surface area contributed by atoms with E-state index in [2.05, 4.69) is 5.32 Å². The number of imide groups is 1. The van der Waals surface area contributed by atoms with E-state index in [0.717, 1.165) is 0 Å². The highest BCUT2D eigenvalue weighted by atomic mass is 35.5. The number of anilines is 2. The summed E-state index contributed by atoms with van der Waals surface area (Å²) in [6.07, 6.45) is -0.0510. The van der Waals surface area contributed by atoms with Crippen LogP contribution in [0.25, 0.3) is 0 Å². The zero-order chi connectivity index (χ0) is 30.7. The summed E-state index contributed by atoms with van der Waals surface area (Å²) in [5.74, 6) is -13.3. The molecule has 0 radical (unpaired) electrons. The first-order valence-corrected chi connectivity index (χ1v) is 13.2. The number of nitrogens with zero attached hydrogens (tertiary/aromatic N) is 2. The fourth-order valence-electron chi connectivity index (χ4n) is 6.46. The molecule has 3 aliphatic rings. The predicted molar refractivity (Wildman–Crippen MR) is 144 cm³/mol. The standard InChI is InChI=1S/C26H30ClN5O9/c1-31(2)13-7-12(29-25(40)30-14(33)8-27)19(34)16-10(13)5-9-6-11-18(32(3)4)21(36)17(24(28)39)23(38)26(11,41)22(37)15(9)20(16)35/h7,9,11,15,17-18,34,41H,5-6,8H2,1-4H3,(H2,28,39)(H2,29,30,33,40)/t9-,11-,15?,17?,18-,26-/m0/s1. The second-order valence-electron chi connectivity index (χ2n) is 11.0. The smallest absolute Gasteiger partial charge is 0.326 e. The molecular weight excluding hydrogens is 562 g/mol. The van der Waals surface area contributed by atoms with Gasteiger partial charge in [-0.2, -0.15) is 0 Å². The molecule has 0 aromatic heterocycles. The number of Topliss-reactive ketones (excluding diaryl/α,β-unsaturated/α-hetero) is 4. The number of aromatic hydroxyl groups is 1. The van der Waals surface area contributed by atoms with E-state index in [-0.39, 0.29) is 24.1 Å². The van der Waals surface area contributed by atoms with Gasteiger partial charge in [-0.15, -0.1) is 11.6 Å². The Kier molecular flexibility index (Phi) is 7.71. The van der Waals surface area contributed by atoms with Crippen LogP contribution in [0.4, 0.5) is 16.2 Å². The van der Waals surface area contributed by atoms with Crippen molar-refractivity contribution in [2.75, 3.05) is 44.3 Å². The molecule has 1 aromatic carbocycles. The number of carbonyl (C=O) groups excluding carboxylic acids is 7. The van der Waals surface area contributed by atoms with E-state index >= 15 is 0 Å². The van der Waals surface area contributed by atoms with Gasteiger partial charge in [0.1, 0.15) is 11.6 Å². The summed E-state index contributed by atoms with van der Waals surface area (Å²) in [6, 6.07) is -0.854. The quantitative estimate of drug-likeness (QED) is 0.156. The Morgan fingerprint density at radius 2 is 1.76 bits per heavy atom. The van der Waals surface area contributed by atoms with Crippen molar-refractivity contribution in [3.63, 3.8) is 0 Å². The highest BCUT2D eigenvalue weighted by Crippen LogP contribution is 2.52. The molecule has 2 unspecified atom stereocenters. The molecule has 3 aliphatic carbocycles. The van der Waals surface area contributed by atoms with Gasteiger partial charge in [-0.3, -0.25) is 39.0 Å². The fraction of sp³-hybridized carbons (Fsp3) is 0.500. The third-order valence-corrected chi connectivity index (χ3v) is 8.38. The Morgan fingerprint density at radius 1 is 1.12 bits per heavy atom. The van der Waals surface area contributed by atoms with Gasteiger partial charge in [0, 0.05) is 25.7 Å². The van der Waals surface area contributed by atoms with Crippen LogP contribution in [0.15, 0.2) is 6.07 Å². The maximum atomic E-state index is 13.9. The van der Waals surface area contributed by atoms with E-state index in [1.165, 1.54) is 25.1 Å². The Labute approximate surface area is 239 Å². The van der Waals surface area contributed by atoms with Crippen LogP contribution in [0.5, 0.6) is 5.75 Å². The number of benzene rings is 1. The van der Waals surface area contributed by atoms with Gasteiger partial charge in [-0.1, -0.05) is 0 Å². The van der Waals surface area contributed by atoms with Gasteiger partial charge < -0.3 is 26.2 Å². The average molecular weight is 592 g/mol. The normalized spacial score (nSPS) is 28.9. The van der Waals surface area contributed by atoms with Gasteiger partial charge >= 0.3 is 6.03 Å². The lowest BCUT2D eigenvalue weighted by Gasteiger charge is -2.52. The number of carbonyl (C=O) groups is 7. The van der Waals surface area contributed by atoms with E-state index in [9.17, 15) is 43.8 Å². The van der Waals surface area contributed by atoms with Crippen molar-refractivity contribution < 1.29 is 43.8 Å². The number of ketones is 4. The molecule has 0 spiro atoms. The number of aliphatic hydroxyl groups is 1. The minimum atomic E-state index is -2.85. The third kappa shape index (κ3) is 4.55. The minimum absolute atomic E-state index is 0.0458. The molecule has 0 heterocycles. The molecule has 2 fully saturated rings. The topological polar surface area (TPSA) is 217 Å². The number of nitrogens with one attached hydrogen (secondary N) is 2. The largest absolute Gasteiger partial charge is 0.505 e. The molecule has 0 bridgehead atoms. The first-order chi connectivity index (χ1) is 19.1. The van der Waals surface area contributed by atoms with E-state index in [0.29, 0.717) is 11.3 Å². The predicted octanol–water partition coefficient (Wildman–Crippen LogP) is -1.18. The van der Waals surface area contributed by atoms with Gasteiger partial charge in [0.05, 0.1) is 23.2 Å². The number of rotatable bonds is 5. The number of hydrogen-bond donors (Lipinski definition) is 5. The van der Waals surface area contributed by atoms with Crippen LogP contribution in [0.2, 0.25) is 0 Å². The summed E-state index contributed by atoms with van der Waals surface area (Å²) < 4.78 is 0. The monoisotopic (exact) mass is 591 g/mol. The van der Waals surface area contributed by atoms with Crippen LogP contribution in [0, 0.1) is 23.7 Å². The number of urea groups is 1. The summed E-state index contributed by atoms with van der Waals surface area (Å²) in [6.45, 7) is 0. The molecule has 4 rings (SSSR count). The SMILES string of the molecule is CN(C)c1cc(NC(=O)NC(=O)CCl)c(O)c2c1C[C@H]1C[C@H]3[C@H](N(C)C)C(=O)C(C(N)=O)C(=O)[C@@]3(O)C(=O)C1C2=O. The third-order valence-electron chi connectivity index (χ3n) is 8.14. The van der Waals surface area contributed by atoms with Crippen molar-refractivity contribution in [3.05, 3.63) is 17.2 Å². The summed E-state index contributed by atoms with van der Waals surface area (Å²) in [4.78, 5) is 93.3.